The summed E-state index contributed by atoms with van der Waals surface area (Å²) < 4.78 is 5.56. The van der Waals surface area contributed by atoms with Gasteiger partial charge in [-0.05, 0) is 48.4 Å². The number of carbonyl (C=O) groups is 3. The molecule has 0 aromatic heterocycles. The van der Waals surface area contributed by atoms with Gasteiger partial charge in [-0.15, -0.1) is 0 Å². The summed E-state index contributed by atoms with van der Waals surface area (Å²) in [5.41, 5.74) is 4.66. The summed E-state index contributed by atoms with van der Waals surface area (Å²) >= 11 is 0. The van der Waals surface area contributed by atoms with E-state index < -0.39 is 18.0 Å². The molecule has 3 N–H and O–H groups in total. The molecule has 2 aliphatic carbocycles. The first-order valence-corrected chi connectivity index (χ1v) is 12.1. The molecule has 0 aliphatic heterocycles. The fourth-order valence-corrected chi connectivity index (χ4v) is 5.14. The second-order valence-electron chi connectivity index (χ2n) is 9.31. The molecule has 2 aromatic carbocycles. The van der Waals surface area contributed by atoms with Gasteiger partial charge in [0.1, 0.15) is 6.61 Å². The van der Waals surface area contributed by atoms with E-state index >= 15 is 0 Å². The number of amides is 2. The Morgan fingerprint density at radius 2 is 1.62 bits per heavy atom. The van der Waals surface area contributed by atoms with Gasteiger partial charge >= 0.3 is 12.1 Å². The van der Waals surface area contributed by atoms with E-state index in [9.17, 15) is 19.5 Å². The van der Waals surface area contributed by atoms with Crippen molar-refractivity contribution < 1.29 is 24.2 Å². The molecular formula is C27H32N2O5. The van der Waals surface area contributed by atoms with Gasteiger partial charge in [0.15, 0.2) is 0 Å². The molecule has 180 valence electrons. The number of nitrogens with one attached hydrogen (secondary N) is 2. The maximum Gasteiger partial charge on any atom is 0.407 e. The van der Waals surface area contributed by atoms with Gasteiger partial charge in [0.25, 0.3) is 0 Å². The van der Waals surface area contributed by atoms with Crippen LogP contribution in [-0.4, -0.2) is 41.8 Å². The summed E-state index contributed by atoms with van der Waals surface area (Å²) in [5.74, 6) is -1.55. The van der Waals surface area contributed by atoms with Crippen molar-refractivity contribution in [3.8, 4) is 11.1 Å². The molecule has 34 heavy (non-hydrogen) atoms. The highest BCUT2D eigenvalue weighted by Gasteiger charge is 2.32. The monoisotopic (exact) mass is 464 g/mol. The number of carboxylic acids is 1. The Hall–Kier alpha value is -3.35. The predicted octanol–water partition coefficient (Wildman–Crippen LogP) is 4.45. The summed E-state index contributed by atoms with van der Waals surface area (Å²) in [6, 6.07) is 15.8. The normalized spacial score (nSPS) is 20.0. The van der Waals surface area contributed by atoms with Crippen LogP contribution in [0.5, 0.6) is 0 Å². The van der Waals surface area contributed by atoms with Crippen LogP contribution < -0.4 is 10.6 Å². The van der Waals surface area contributed by atoms with E-state index in [0.29, 0.717) is 19.3 Å². The topological polar surface area (TPSA) is 105 Å². The molecule has 0 heterocycles. The maximum absolute atomic E-state index is 12.4. The Bertz CT molecular complexity index is 1010. The predicted molar refractivity (Wildman–Crippen MR) is 128 cm³/mol. The molecule has 1 fully saturated rings. The first-order valence-electron chi connectivity index (χ1n) is 12.1. The molecule has 0 radical (unpaired) electrons. The molecule has 2 amide bonds. The number of hydrogen-bond acceptors (Lipinski definition) is 4. The summed E-state index contributed by atoms with van der Waals surface area (Å²) in [5, 5.41) is 15.0. The van der Waals surface area contributed by atoms with Crippen molar-refractivity contribution in [2.45, 2.75) is 63.5 Å². The van der Waals surface area contributed by atoms with Gasteiger partial charge < -0.3 is 20.5 Å². The Balaban J connectivity index is 1.23. The number of fused-ring (bicyclic) bond motifs is 3. The molecule has 1 saturated carbocycles. The van der Waals surface area contributed by atoms with Crippen molar-refractivity contribution in [2.75, 3.05) is 6.61 Å². The van der Waals surface area contributed by atoms with E-state index in [-0.39, 0.29) is 36.9 Å². The molecule has 0 saturated heterocycles. The van der Waals surface area contributed by atoms with E-state index in [1.807, 2.05) is 31.2 Å². The van der Waals surface area contributed by atoms with E-state index in [1.54, 1.807) is 0 Å². The van der Waals surface area contributed by atoms with E-state index in [2.05, 4.69) is 34.9 Å². The highest BCUT2D eigenvalue weighted by Crippen LogP contribution is 2.44. The zero-order valence-corrected chi connectivity index (χ0v) is 19.5. The molecule has 4 rings (SSSR count). The summed E-state index contributed by atoms with van der Waals surface area (Å²) in [4.78, 5) is 36.2. The molecule has 3 unspecified atom stereocenters. The van der Waals surface area contributed by atoms with Crippen molar-refractivity contribution in [3.05, 3.63) is 59.7 Å². The molecule has 0 bridgehead atoms. The lowest BCUT2D eigenvalue weighted by Gasteiger charge is -2.29. The van der Waals surface area contributed by atoms with Crippen LogP contribution in [0.2, 0.25) is 0 Å². The summed E-state index contributed by atoms with van der Waals surface area (Å²) in [7, 11) is 0. The number of rotatable bonds is 8. The zero-order valence-electron chi connectivity index (χ0n) is 19.5. The average molecular weight is 465 g/mol. The van der Waals surface area contributed by atoms with Gasteiger partial charge in [0, 0.05) is 24.4 Å². The van der Waals surface area contributed by atoms with Crippen LogP contribution in [0.15, 0.2) is 48.5 Å². The Labute approximate surface area is 199 Å². The molecular weight excluding hydrogens is 432 g/mol. The third kappa shape index (κ3) is 5.41. The van der Waals surface area contributed by atoms with Gasteiger partial charge in [0.2, 0.25) is 5.91 Å². The minimum Gasteiger partial charge on any atom is -0.481 e. The minimum absolute atomic E-state index is 0.00286. The minimum atomic E-state index is -0.852. The largest absolute Gasteiger partial charge is 0.481 e. The van der Waals surface area contributed by atoms with Crippen LogP contribution in [-0.2, 0) is 14.3 Å². The van der Waals surface area contributed by atoms with Crippen LogP contribution in [0.3, 0.4) is 0 Å². The average Bonchev–Trinajstić information content (AvgIpc) is 3.15. The molecule has 7 heteroatoms. The van der Waals surface area contributed by atoms with Crippen LogP contribution in [0.4, 0.5) is 4.79 Å². The smallest absolute Gasteiger partial charge is 0.407 e. The molecule has 3 atom stereocenters. The highest BCUT2D eigenvalue weighted by molar-refractivity contribution is 5.79. The number of carbonyl (C=O) groups excluding carboxylic acids is 2. The lowest BCUT2D eigenvalue weighted by Crippen LogP contribution is -2.45. The molecule has 0 spiro atoms. The quantitative estimate of drug-likeness (QED) is 0.535. The Morgan fingerprint density at radius 3 is 2.26 bits per heavy atom. The molecule has 2 aliphatic rings. The van der Waals surface area contributed by atoms with E-state index in [0.717, 1.165) is 24.0 Å². The van der Waals surface area contributed by atoms with Gasteiger partial charge in [-0.2, -0.15) is 0 Å². The zero-order chi connectivity index (χ0) is 24.1. The van der Waals surface area contributed by atoms with Gasteiger partial charge in [-0.1, -0.05) is 61.4 Å². The number of aliphatic carboxylic acids is 1. The maximum atomic E-state index is 12.4. The number of hydrogen-bond donors (Lipinski definition) is 3. The van der Waals surface area contributed by atoms with E-state index in [1.165, 1.54) is 11.1 Å². The third-order valence-electron chi connectivity index (χ3n) is 6.94. The van der Waals surface area contributed by atoms with Crippen LogP contribution >= 0.6 is 0 Å². The van der Waals surface area contributed by atoms with Gasteiger partial charge in [0.05, 0.1) is 5.92 Å². The van der Waals surface area contributed by atoms with Crippen molar-refractivity contribution in [1.29, 1.82) is 0 Å². The fraction of sp³-hybridized carbons (Fsp3) is 0.444. The Morgan fingerprint density at radius 1 is 1.00 bits per heavy atom. The standard InChI is InChI=1S/C27H32N2O5/c1-17(14-15-25(30)29-24-13-7-6-12-22(24)26(31)32)28-27(33)34-16-23-20-10-4-2-8-18(20)19-9-3-5-11-21(19)23/h2-5,8-11,17,22-24H,6-7,12-16H2,1H3,(H,28,33)(H,29,30)(H,31,32). The lowest BCUT2D eigenvalue weighted by atomic mass is 9.84. The highest BCUT2D eigenvalue weighted by atomic mass is 16.5. The second kappa shape index (κ2) is 10.7. The molecule has 7 nitrogen and oxygen atoms in total. The first-order chi connectivity index (χ1) is 16.4. The van der Waals surface area contributed by atoms with Gasteiger partial charge in [-0.3, -0.25) is 9.59 Å². The van der Waals surface area contributed by atoms with Crippen LogP contribution in [0.1, 0.15) is 62.5 Å². The summed E-state index contributed by atoms with van der Waals surface area (Å²) in [6.45, 7) is 2.07. The fourth-order valence-electron chi connectivity index (χ4n) is 5.14. The summed E-state index contributed by atoms with van der Waals surface area (Å²) in [6.07, 6.45) is 3.25. The van der Waals surface area contributed by atoms with Gasteiger partial charge in [-0.25, -0.2) is 4.79 Å². The first kappa shape index (κ1) is 23.8. The van der Waals surface area contributed by atoms with Crippen LogP contribution in [0.25, 0.3) is 11.1 Å². The van der Waals surface area contributed by atoms with Crippen molar-refractivity contribution in [3.63, 3.8) is 0 Å². The van der Waals surface area contributed by atoms with Crippen molar-refractivity contribution in [1.82, 2.24) is 10.6 Å². The second-order valence-corrected chi connectivity index (χ2v) is 9.31. The van der Waals surface area contributed by atoms with E-state index in [4.69, 9.17) is 4.74 Å². The SMILES string of the molecule is CC(CCC(=O)NC1CCCCC1C(=O)O)NC(=O)OCC1c2ccccc2-c2ccccc21. The number of ether oxygens (including phenoxy) is 1. The number of benzene rings is 2. The number of carboxylic acid groups (broad SMARTS) is 1. The third-order valence-corrected chi connectivity index (χ3v) is 6.94. The van der Waals surface area contributed by atoms with Crippen LogP contribution in [0, 0.1) is 5.92 Å². The van der Waals surface area contributed by atoms with Crippen molar-refractivity contribution >= 4 is 18.0 Å². The lowest BCUT2D eigenvalue weighted by molar-refractivity contribution is -0.144. The molecule has 2 aromatic rings. The van der Waals surface area contributed by atoms with Crippen molar-refractivity contribution in [2.24, 2.45) is 5.92 Å². The number of alkyl carbamates (subject to hydrolysis) is 1. The Kier molecular flexibility index (Phi) is 7.50.